The van der Waals surface area contributed by atoms with Crippen molar-refractivity contribution in [2.45, 2.75) is 0 Å². The van der Waals surface area contributed by atoms with Gasteiger partial charge in [-0.25, -0.2) is 19.7 Å². The molecule has 124 valence electrons. The highest BCUT2D eigenvalue weighted by Crippen LogP contribution is 2.27. The van der Waals surface area contributed by atoms with Crippen LogP contribution in [0.3, 0.4) is 0 Å². The van der Waals surface area contributed by atoms with Gasteiger partial charge >= 0.3 is 5.69 Å². The lowest BCUT2D eigenvalue weighted by molar-refractivity contribution is 0.704. The third-order valence-electron chi connectivity index (χ3n) is 3.83. The number of hydrogen-bond acceptors (Lipinski definition) is 7. The molecule has 9 heteroatoms. The third-order valence-corrected chi connectivity index (χ3v) is 4.72. The van der Waals surface area contributed by atoms with E-state index >= 15 is 0 Å². The Labute approximate surface area is 145 Å². The first-order valence-corrected chi connectivity index (χ1v) is 8.23. The topological polar surface area (TPSA) is 95.6 Å². The zero-order valence-electron chi connectivity index (χ0n) is 13.4. The molecule has 0 saturated carbocycles. The molecular weight excluding hydrogens is 340 g/mol. The number of nitrogens with zero attached hydrogens (tertiary/aromatic N) is 6. The summed E-state index contributed by atoms with van der Waals surface area (Å²) < 4.78 is 2.32. The number of thiazole rings is 1. The van der Waals surface area contributed by atoms with E-state index in [1.54, 1.807) is 19.4 Å². The van der Waals surface area contributed by atoms with Gasteiger partial charge in [-0.05, 0) is 12.1 Å². The monoisotopic (exact) mass is 352 g/mol. The van der Waals surface area contributed by atoms with Crippen molar-refractivity contribution in [3.63, 3.8) is 0 Å². The van der Waals surface area contributed by atoms with E-state index in [-0.39, 0.29) is 11.2 Å². The number of fused-ring (bicyclic) bond motifs is 1. The summed E-state index contributed by atoms with van der Waals surface area (Å²) in [6.45, 7) is 0. The summed E-state index contributed by atoms with van der Waals surface area (Å²) in [5.74, 6) is 0. The predicted octanol–water partition coefficient (Wildman–Crippen LogP) is 1.21. The van der Waals surface area contributed by atoms with Crippen molar-refractivity contribution < 1.29 is 0 Å². The number of aryl methyl sites for hydroxylation is 1. The van der Waals surface area contributed by atoms with Crippen LogP contribution in [0.4, 0.5) is 0 Å². The molecule has 4 heterocycles. The van der Waals surface area contributed by atoms with E-state index in [1.807, 2.05) is 17.5 Å². The van der Waals surface area contributed by atoms with Crippen LogP contribution in [0.1, 0.15) is 0 Å². The average molecular weight is 352 g/mol. The molecule has 0 fully saturated rings. The molecule has 8 nitrogen and oxygen atoms in total. The van der Waals surface area contributed by atoms with Crippen LogP contribution in [0.5, 0.6) is 0 Å². The second-order valence-corrected chi connectivity index (χ2v) is 6.27. The highest BCUT2D eigenvalue weighted by Gasteiger charge is 2.14. The molecule has 0 amide bonds. The van der Waals surface area contributed by atoms with Gasteiger partial charge in [-0.15, -0.1) is 11.3 Å². The van der Waals surface area contributed by atoms with Gasteiger partial charge in [-0.1, -0.05) is 0 Å². The highest BCUT2D eigenvalue weighted by atomic mass is 32.1. The summed E-state index contributed by atoms with van der Waals surface area (Å²) in [6, 6.07) is 3.77. The summed E-state index contributed by atoms with van der Waals surface area (Å²) in [5.41, 5.74) is 1.52. The van der Waals surface area contributed by atoms with Crippen LogP contribution < -0.4 is 11.2 Å². The maximum absolute atomic E-state index is 12.2. The van der Waals surface area contributed by atoms with Crippen LogP contribution in [0.2, 0.25) is 0 Å². The number of pyridine rings is 1. The first-order chi connectivity index (χ1) is 12.1. The largest absolute Gasteiger partial charge is 0.332 e. The normalized spacial score (nSPS) is 11.1. The fraction of sp³-hybridized carbons (Fsp3) is 0.125. The molecule has 0 aromatic carbocycles. The minimum atomic E-state index is -0.466. The molecule has 0 spiro atoms. The van der Waals surface area contributed by atoms with E-state index in [1.165, 1.54) is 29.1 Å². The number of aromatic nitrogens is 6. The maximum atomic E-state index is 12.2. The SMILES string of the molecule is Cn1c(=O)c2ncc(-c3csc(-c4cccnc4)n3)nc2n(C)c1=O. The smallest absolute Gasteiger partial charge is 0.279 e. The molecule has 0 N–H and O–H groups in total. The molecule has 0 aliphatic heterocycles. The van der Waals surface area contributed by atoms with Crippen molar-refractivity contribution in [3.8, 4) is 22.0 Å². The zero-order chi connectivity index (χ0) is 17.6. The quantitative estimate of drug-likeness (QED) is 0.538. The number of hydrogen-bond donors (Lipinski definition) is 0. The molecule has 0 aliphatic rings. The third kappa shape index (κ3) is 2.45. The van der Waals surface area contributed by atoms with Crippen molar-refractivity contribution in [2.24, 2.45) is 14.1 Å². The first kappa shape index (κ1) is 15.3. The Hall–Kier alpha value is -3.20. The van der Waals surface area contributed by atoms with E-state index in [4.69, 9.17) is 0 Å². The lowest BCUT2D eigenvalue weighted by Crippen LogP contribution is -2.37. The van der Waals surface area contributed by atoms with Crippen LogP contribution in [-0.4, -0.2) is 29.1 Å². The van der Waals surface area contributed by atoms with Crippen LogP contribution in [0.15, 0.2) is 45.7 Å². The fourth-order valence-corrected chi connectivity index (χ4v) is 3.27. The molecule has 4 aromatic rings. The van der Waals surface area contributed by atoms with E-state index in [0.29, 0.717) is 11.4 Å². The van der Waals surface area contributed by atoms with Crippen molar-refractivity contribution >= 4 is 22.5 Å². The van der Waals surface area contributed by atoms with Gasteiger partial charge in [-0.3, -0.25) is 18.9 Å². The Bertz CT molecular complexity index is 1210. The Balaban J connectivity index is 1.87. The summed E-state index contributed by atoms with van der Waals surface area (Å²) in [7, 11) is 2.98. The van der Waals surface area contributed by atoms with Gasteiger partial charge in [0.05, 0.1) is 6.20 Å². The van der Waals surface area contributed by atoms with Gasteiger partial charge in [-0.2, -0.15) is 0 Å². The van der Waals surface area contributed by atoms with Gasteiger partial charge in [0.25, 0.3) is 5.56 Å². The summed E-state index contributed by atoms with van der Waals surface area (Å²) in [4.78, 5) is 41.5. The molecule has 4 rings (SSSR count). The Morgan fingerprint density at radius 2 is 1.88 bits per heavy atom. The van der Waals surface area contributed by atoms with Crippen LogP contribution in [0, 0.1) is 0 Å². The second-order valence-electron chi connectivity index (χ2n) is 5.41. The van der Waals surface area contributed by atoms with Crippen molar-refractivity contribution in [1.82, 2.24) is 29.1 Å². The molecule has 4 aromatic heterocycles. The first-order valence-electron chi connectivity index (χ1n) is 7.35. The minimum absolute atomic E-state index is 0.149. The van der Waals surface area contributed by atoms with Gasteiger partial charge in [0.1, 0.15) is 16.4 Å². The standard InChI is InChI=1S/C16H12N6O2S/c1-21-13-12(15(23)22(2)16(21)24)18-7-10(19-13)11-8-25-14(20-11)9-4-3-5-17-6-9/h3-8H,1-2H3. The van der Waals surface area contributed by atoms with Gasteiger partial charge in [0, 0.05) is 37.4 Å². The summed E-state index contributed by atoms with van der Waals surface area (Å²) >= 11 is 1.46. The zero-order valence-corrected chi connectivity index (χ0v) is 14.2. The molecule has 0 radical (unpaired) electrons. The molecule has 0 unspecified atom stereocenters. The van der Waals surface area contributed by atoms with E-state index < -0.39 is 11.2 Å². The van der Waals surface area contributed by atoms with Crippen LogP contribution in [-0.2, 0) is 14.1 Å². The Morgan fingerprint density at radius 3 is 2.64 bits per heavy atom. The maximum Gasteiger partial charge on any atom is 0.332 e. The van der Waals surface area contributed by atoms with Gasteiger partial charge < -0.3 is 0 Å². The fourth-order valence-electron chi connectivity index (χ4n) is 2.46. The van der Waals surface area contributed by atoms with Crippen molar-refractivity contribution in [2.75, 3.05) is 0 Å². The van der Waals surface area contributed by atoms with Crippen molar-refractivity contribution in [3.05, 3.63) is 56.9 Å². The lowest BCUT2D eigenvalue weighted by atomic mass is 10.3. The molecule has 0 atom stereocenters. The van der Waals surface area contributed by atoms with Crippen molar-refractivity contribution in [1.29, 1.82) is 0 Å². The Kier molecular flexibility index (Phi) is 3.50. The van der Waals surface area contributed by atoms with Crippen LogP contribution >= 0.6 is 11.3 Å². The lowest BCUT2D eigenvalue weighted by Gasteiger charge is -2.06. The average Bonchev–Trinajstić information content (AvgIpc) is 3.15. The summed E-state index contributed by atoms with van der Waals surface area (Å²) in [6.07, 6.45) is 4.94. The van der Waals surface area contributed by atoms with Crippen LogP contribution in [0.25, 0.3) is 33.1 Å². The molecule has 25 heavy (non-hydrogen) atoms. The molecule has 0 aliphatic carbocycles. The predicted molar refractivity (Wildman–Crippen MR) is 94.4 cm³/mol. The van der Waals surface area contributed by atoms with Gasteiger partial charge in [0.15, 0.2) is 11.2 Å². The molecular formula is C16H12N6O2S. The molecule has 0 bridgehead atoms. The minimum Gasteiger partial charge on any atom is -0.279 e. The van der Waals surface area contributed by atoms with Gasteiger partial charge in [0.2, 0.25) is 0 Å². The molecule has 0 saturated heterocycles. The summed E-state index contributed by atoms with van der Waals surface area (Å²) in [5, 5.41) is 2.67. The number of rotatable bonds is 2. The highest BCUT2D eigenvalue weighted by molar-refractivity contribution is 7.13. The van der Waals surface area contributed by atoms with E-state index in [9.17, 15) is 9.59 Å². The van der Waals surface area contributed by atoms with E-state index in [0.717, 1.165) is 15.1 Å². The second kappa shape index (κ2) is 5.71. The Morgan fingerprint density at radius 1 is 1.04 bits per heavy atom. The van der Waals surface area contributed by atoms with E-state index in [2.05, 4.69) is 19.9 Å².